The minimum atomic E-state index is -0.182. The molecule has 0 saturated heterocycles. The number of carbonyl (C=O) groups excluding carboxylic acids is 2. The van der Waals surface area contributed by atoms with Crippen molar-refractivity contribution in [2.45, 2.75) is 27.7 Å². The van der Waals surface area contributed by atoms with Crippen LogP contribution in [0.4, 0.5) is 17.3 Å². The number of ketones is 1. The molecule has 3 aromatic rings. The summed E-state index contributed by atoms with van der Waals surface area (Å²) in [5, 5.41) is 3.11. The number of benzene rings is 2. The number of nitrogens with one attached hydrogen (secondary N) is 1. The molecular weight excluding hydrogens is 364 g/mol. The number of hydrogen-bond donors (Lipinski definition) is 1. The number of Topliss-reactive ketones (excluding diaryl/α,β-unsaturated/α-hetero) is 1. The second-order valence-electron chi connectivity index (χ2n) is 6.87. The maximum absolute atomic E-state index is 13.1. The van der Waals surface area contributed by atoms with Gasteiger partial charge < -0.3 is 10.2 Å². The highest BCUT2D eigenvalue weighted by molar-refractivity contribution is 6.05. The largest absolute Gasteiger partial charge is 0.324 e. The van der Waals surface area contributed by atoms with E-state index in [1.54, 1.807) is 35.2 Å². The zero-order valence-electron chi connectivity index (χ0n) is 17.1. The molecule has 148 valence electrons. The second kappa shape index (κ2) is 8.65. The summed E-state index contributed by atoms with van der Waals surface area (Å²) < 4.78 is 0. The summed E-state index contributed by atoms with van der Waals surface area (Å²) in [6.07, 6.45) is 0. The van der Waals surface area contributed by atoms with Crippen LogP contribution in [0.5, 0.6) is 0 Å². The van der Waals surface area contributed by atoms with E-state index in [0.717, 1.165) is 16.9 Å². The van der Waals surface area contributed by atoms with Crippen molar-refractivity contribution in [1.29, 1.82) is 0 Å². The molecule has 0 spiro atoms. The van der Waals surface area contributed by atoms with Crippen molar-refractivity contribution in [3.63, 3.8) is 0 Å². The van der Waals surface area contributed by atoms with Gasteiger partial charge in [-0.2, -0.15) is 0 Å². The molecule has 0 saturated carbocycles. The standard InChI is InChI=1S/C23H24N4O2/c1-5-27(20-8-6-7-15(2)13-20)22(29)21-14-16(3)24-23(26-21)25-19-11-9-18(10-12-19)17(4)28/h6-14H,5H2,1-4H3,(H,24,25,26). The van der Waals surface area contributed by atoms with Crippen LogP contribution in [0.3, 0.4) is 0 Å². The van der Waals surface area contributed by atoms with Gasteiger partial charge in [0, 0.05) is 29.2 Å². The number of hydrogen-bond acceptors (Lipinski definition) is 5. The summed E-state index contributed by atoms with van der Waals surface area (Å²) >= 11 is 0. The maximum atomic E-state index is 13.1. The highest BCUT2D eigenvalue weighted by Gasteiger charge is 2.19. The fraction of sp³-hybridized carbons (Fsp3) is 0.217. The van der Waals surface area contributed by atoms with Gasteiger partial charge in [0.15, 0.2) is 5.78 Å². The third-order valence-electron chi connectivity index (χ3n) is 4.50. The molecule has 1 heterocycles. The van der Waals surface area contributed by atoms with Crippen LogP contribution >= 0.6 is 0 Å². The van der Waals surface area contributed by atoms with Crippen LogP contribution in [-0.2, 0) is 0 Å². The Bertz CT molecular complexity index is 1040. The molecule has 6 nitrogen and oxygen atoms in total. The molecule has 3 rings (SSSR count). The smallest absolute Gasteiger partial charge is 0.277 e. The molecule has 0 aliphatic rings. The summed E-state index contributed by atoms with van der Waals surface area (Å²) in [6.45, 7) is 7.81. The summed E-state index contributed by atoms with van der Waals surface area (Å²) in [5.41, 5.74) is 4.31. The van der Waals surface area contributed by atoms with Gasteiger partial charge in [-0.05, 0) is 75.7 Å². The Hall–Kier alpha value is -3.54. The zero-order chi connectivity index (χ0) is 21.0. The first-order chi connectivity index (χ1) is 13.9. The van der Waals surface area contributed by atoms with E-state index in [4.69, 9.17) is 0 Å². The monoisotopic (exact) mass is 388 g/mol. The van der Waals surface area contributed by atoms with Crippen LogP contribution in [0.2, 0.25) is 0 Å². The average molecular weight is 388 g/mol. The van der Waals surface area contributed by atoms with Crippen molar-refractivity contribution < 1.29 is 9.59 Å². The average Bonchev–Trinajstić information content (AvgIpc) is 2.68. The summed E-state index contributed by atoms with van der Waals surface area (Å²) in [5.74, 6) is 0.162. The summed E-state index contributed by atoms with van der Waals surface area (Å²) in [4.78, 5) is 35.1. The van der Waals surface area contributed by atoms with E-state index in [0.29, 0.717) is 29.4 Å². The van der Waals surface area contributed by atoms with Crippen LogP contribution in [0.15, 0.2) is 54.6 Å². The normalized spacial score (nSPS) is 10.5. The third-order valence-corrected chi connectivity index (χ3v) is 4.50. The van der Waals surface area contributed by atoms with E-state index < -0.39 is 0 Å². The first kappa shape index (κ1) is 20.2. The molecule has 29 heavy (non-hydrogen) atoms. The minimum Gasteiger partial charge on any atom is -0.324 e. The van der Waals surface area contributed by atoms with E-state index in [1.165, 1.54) is 6.92 Å². The lowest BCUT2D eigenvalue weighted by Crippen LogP contribution is -2.31. The number of nitrogens with zero attached hydrogens (tertiary/aromatic N) is 3. The van der Waals surface area contributed by atoms with Crippen molar-refractivity contribution in [2.24, 2.45) is 0 Å². The van der Waals surface area contributed by atoms with Gasteiger partial charge in [0.1, 0.15) is 5.69 Å². The molecule has 0 radical (unpaired) electrons. The predicted octanol–water partition coefficient (Wildman–Crippen LogP) is 4.71. The van der Waals surface area contributed by atoms with Crippen molar-refractivity contribution in [1.82, 2.24) is 9.97 Å². The molecule has 6 heteroatoms. The Labute approximate surface area is 170 Å². The van der Waals surface area contributed by atoms with E-state index in [-0.39, 0.29) is 11.7 Å². The van der Waals surface area contributed by atoms with E-state index >= 15 is 0 Å². The van der Waals surface area contributed by atoms with Gasteiger partial charge in [-0.3, -0.25) is 9.59 Å². The lowest BCUT2D eigenvalue weighted by molar-refractivity contribution is 0.0981. The summed E-state index contributed by atoms with van der Waals surface area (Å²) in [7, 11) is 0. The van der Waals surface area contributed by atoms with E-state index in [1.807, 2.05) is 45.0 Å². The Morgan fingerprint density at radius 1 is 1.00 bits per heavy atom. The van der Waals surface area contributed by atoms with E-state index in [2.05, 4.69) is 15.3 Å². The van der Waals surface area contributed by atoms with Crippen molar-refractivity contribution in [3.05, 3.63) is 77.1 Å². The van der Waals surface area contributed by atoms with Crippen LogP contribution < -0.4 is 10.2 Å². The van der Waals surface area contributed by atoms with Crippen LogP contribution in [-0.4, -0.2) is 28.2 Å². The molecule has 1 amide bonds. The molecule has 2 aromatic carbocycles. The van der Waals surface area contributed by atoms with Crippen molar-refractivity contribution in [3.8, 4) is 0 Å². The van der Waals surface area contributed by atoms with Crippen LogP contribution in [0.1, 0.15) is 46.0 Å². The van der Waals surface area contributed by atoms with Gasteiger partial charge in [-0.1, -0.05) is 12.1 Å². The number of aromatic nitrogens is 2. The van der Waals surface area contributed by atoms with Crippen molar-refractivity contribution >= 4 is 29.0 Å². The number of anilines is 3. The highest BCUT2D eigenvalue weighted by atomic mass is 16.2. The van der Waals surface area contributed by atoms with Crippen LogP contribution in [0.25, 0.3) is 0 Å². The Morgan fingerprint density at radius 2 is 1.72 bits per heavy atom. The molecule has 0 fully saturated rings. The van der Waals surface area contributed by atoms with Gasteiger partial charge in [-0.15, -0.1) is 0 Å². The maximum Gasteiger partial charge on any atom is 0.277 e. The fourth-order valence-corrected chi connectivity index (χ4v) is 3.03. The van der Waals surface area contributed by atoms with Gasteiger partial charge in [-0.25, -0.2) is 9.97 Å². The Morgan fingerprint density at radius 3 is 2.34 bits per heavy atom. The second-order valence-corrected chi connectivity index (χ2v) is 6.87. The number of amides is 1. The molecule has 0 unspecified atom stereocenters. The molecule has 0 atom stereocenters. The quantitative estimate of drug-likeness (QED) is 0.619. The highest BCUT2D eigenvalue weighted by Crippen LogP contribution is 2.20. The van der Waals surface area contributed by atoms with Gasteiger partial charge in [0.25, 0.3) is 5.91 Å². The molecular formula is C23H24N4O2. The third kappa shape index (κ3) is 4.85. The van der Waals surface area contributed by atoms with E-state index in [9.17, 15) is 9.59 Å². The molecule has 0 bridgehead atoms. The number of aryl methyl sites for hydroxylation is 2. The molecule has 1 aromatic heterocycles. The summed E-state index contributed by atoms with van der Waals surface area (Å²) in [6, 6.07) is 16.6. The Kier molecular flexibility index (Phi) is 6.02. The topological polar surface area (TPSA) is 75.2 Å². The Balaban J connectivity index is 1.87. The number of carbonyl (C=O) groups is 2. The first-order valence-corrected chi connectivity index (χ1v) is 9.49. The lowest BCUT2D eigenvalue weighted by atomic mass is 10.1. The van der Waals surface area contributed by atoms with Crippen LogP contribution in [0, 0.1) is 13.8 Å². The minimum absolute atomic E-state index is 0.00652. The number of rotatable bonds is 6. The van der Waals surface area contributed by atoms with Gasteiger partial charge in [0.2, 0.25) is 5.95 Å². The lowest BCUT2D eigenvalue weighted by Gasteiger charge is -2.21. The van der Waals surface area contributed by atoms with Crippen molar-refractivity contribution in [2.75, 3.05) is 16.8 Å². The molecule has 0 aliphatic carbocycles. The zero-order valence-corrected chi connectivity index (χ0v) is 17.1. The van der Waals surface area contributed by atoms with Gasteiger partial charge >= 0.3 is 0 Å². The first-order valence-electron chi connectivity index (χ1n) is 9.49. The SMILES string of the molecule is CCN(C(=O)c1cc(C)nc(Nc2ccc(C(C)=O)cc2)n1)c1cccc(C)c1. The van der Waals surface area contributed by atoms with Gasteiger partial charge in [0.05, 0.1) is 0 Å². The fourth-order valence-electron chi connectivity index (χ4n) is 3.03. The molecule has 1 N–H and O–H groups in total. The predicted molar refractivity (Wildman–Crippen MR) is 115 cm³/mol. The molecule has 0 aliphatic heterocycles.